The molecule has 1 aromatic heterocycles. The first-order valence-electron chi connectivity index (χ1n) is 7.42. The number of fused-ring (bicyclic) bond motifs is 1. The number of hydrogen-bond acceptors (Lipinski definition) is 3. The Hall–Kier alpha value is -1.03. The van der Waals surface area contributed by atoms with E-state index in [0.717, 1.165) is 31.2 Å². The topological polar surface area (TPSA) is 55.1 Å². The van der Waals surface area contributed by atoms with Crippen molar-refractivity contribution in [2.75, 3.05) is 5.73 Å². The minimum absolute atomic E-state index is 0.0380. The van der Waals surface area contributed by atoms with Crippen molar-refractivity contribution in [1.29, 1.82) is 0 Å². The summed E-state index contributed by atoms with van der Waals surface area (Å²) in [6, 6.07) is 0.377. The van der Waals surface area contributed by atoms with E-state index in [1.54, 1.807) is 11.3 Å². The van der Waals surface area contributed by atoms with Crippen molar-refractivity contribution in [2.24, 2.45) is 5.41 Å². The molecule has 1 fully saturated rings. The number of carbonyl (C=O) groups excluding carboxylic acids is 1. The Morgan fingerprint density at radius 1 is 1.30 bits per heavy atom. The van der Waals surface area contributed by atoms with Crippen LogP contribution in [0.25, 0.3) is 0 Å². The van der Waals surface area contributed by atoms with Gasteiger partial charge in [0.25, 0.3) is 5.91 Å². The van der Waals surface area contributed by atoms with Crippen LogP contribution in [0.4, 0.5) is 5.00 Å². The predicted octanol–water partition coefficient (Wildman–Crippen LogP) is 3.47. The van der Waals surface area contributed by atoms with Gasteiger partial charge in [0.15, 0.2) is 0 Å². The number of nitrogens with one attached hydrogen (secondary N) is 1. The largest absolute Gasteiger partial charge is 0.390 e. The third-order valence-corrected chi connectivity index (χ3v) is 5.79. The van der Waals surface area contributed by atoms with Crippen LogP contribution in [-0.4, -0.2) is 11.9 Å². The number of rotatable bonds is 2. The van der Waals surface area contributed by atoms with Crippen LogP contribution in [0.15, 0.2) is 0 Å². The first-order chi connectivity index (χ1) is 9.20. The lowest BCUT2D eigenvalue weighted by Crippen LogP contribution is -2.35. The summed E-state index contributed by atoms with van der Waals surface area (Å²) in [7, 11) is 0. The van der Waals surface area contributed by atoms with Crippen LogP contribution >= 0.6 is 11.3 Å². The molecule has 0 spiro atoms. The van der Waals surface area contributed by atoms with Gasteiger partial charge in [0.1, 0.15) is 0 Å². The molecule has 1 amide bonds. The van der Waals surface area contributed by atoms with Crippen LogP contribution in [-0.2, 0) is 11.8 Å². The van der Waals surface area contributed by atoms with Crippen LogP contribution in [0, 0.1) is 5.41 Å². The zero-order valence-electron chi connectivity index (χ0n) is 12.8. The van der Waals surface area contributed by atoms with Crippen LogP contribution in [0.3, 0.4) is 0 Å². The lowest BCUT2D eigenvalue weighted by atomic mass is 9.65. The zero-order chi connectivity index (χ0) is 14.7. The molecule has 0 radical (unpaired) electrons. The summed E-state index contributed by atoms with van der Waals surface area (Å²) in [5.41, 5.74) is 8.47. The molecular weight excluding hydrogens is 268 g/mol. The van der Waals surface area contributed by atoms with E-state index >= 15 is 0 Å². The van der Waals surface area contributed by atoms with Gasteiger partial charge in [-0.3, -0.25) is 4.79 Å². The summed E-state index contributed by atoms with van der Waals surface area (Å²) in [6.07, 6.45) is 4.30. The highest BCUT2D eigenvalue weighted by Crippen LogP contribution is 2.51. The minimum atomic E-state index is 0.0380. The average molecular weight is 292 g/mol. The highest BCUT2D eigenvalue weighted by atomic mass is 32.1. The van der Waals surface area contributed by atoms with Crippen LogP contribution in [0.2, 0.25) is 0 Å². The van der Waals surface area contributed by atoms with Crippen LogP contribution < -0.4 is 11.1 Å². The number of anilines is 1. The van der Waals surface area contributed by atoms with Crippen molar-refractivity contribution in [3.8, 4) is 0 Å². The van der Waals surface area contributed by atoms with Gasteiger partial charge in [0.2, 0.25) is 0 Å². The molecule has 4 heteroatoms. The monoisotopic (exact) mass is 292 g/mol. The molecule has 1 heterocycles. The van der Waals surface area contributed by atoms with Gasteiger partial charge in [-0.05, 0) is 42.1 Å². The van der Waals surface area contributed by atoms with Crippen molar-refractivity contribution < 1.29 is 4.79 Å². The maximum Gasteiger partial charge on any atom is 0.254 e. The van der Waals surface area contributed by atoms with Gasteiger partial charge in [0, 0.05) is 10.9 Å². The Morgan fingerprint density at radius 3 is 2.55 bits per heavy atom. The van der Waals surface area contributed by atoms with Crippen molar-refractivity contribution in [2.45, 2.75) is 64.8 Å². The van der Waals surface area contributed by atoms with E-state index in [4.69, 9.17) is 5.73 Å². The van der Waals surface area contributed by atoms with Gasteiger partial charge in [-0.15, -0.1) is 11.3 Å². The molecule has 0 aliphatic heterocycles. The molecule has 20 heavy (non-hydrogen) atoms. The molecule has 3 rings (SSSR count). The summed E-state index contributed by atoms with van der Waals surface area (Å²) in [5, 5.41) is 3.78. The van der Waals surface area contributed by atoms with Gasteiger partial charge >= 0.3 is 0 Å². The van der Waals surface area contributed by atoms with Gasteiger partial charge in [-0.2, -0.15) is 0 Å². The molecule has 0 atom stereocenters. The van der Waals surface area contributed by atoms with Gasteiger partial charge in [-0.25, -0.2) is 0 Å². The first-order valence-corrected chi connectivity index (χ1v) is 8.24. The lowest BCUT2D eigenvalue weighted by molar-refractivity contribution is 0.0950. The summed E-state index contributed by atoms with van der Waals surface area (Å²) >= 11 is 1.62. The fourth-order valence-electron chi connectivity index (χ4n) is 3.75. The quantitative estimate of drug-likeness (QED) is 0.877. The molecule has 3 nitrogen and oxygen atoms in total. The normalized spacial score (nSPS) is 23.2. The molecule has 1 saturated carbocycles. The smallest absolute Gasteiger partial charge is 0.254 e. The van der Waals surface area contributed by atoms with Crippen LogP contribution in [0.1, 0.15) is 67.8 Å². The standard InChI is InChI=1S/C16H24N2OS/c1-15(2)7-10-11(14(19)18-9-5-6-9)13(17)20-12(10)16(3,4)8-15/h9H,5-8,17H2,1-4H3,(H,18,19). The molecule has 1 aromatic rings. The van der Waals surface area contributed by atoms with Crippen molar-refractivity contribution in [3.05, 3.63) is 16.0 Å². The Kier molecular flexibility index (Phi) is 2.95. The Balaban J connectivity index is 2.04. The number of thiophene rings is 1. The third kappa shape index (κ3) is 2.34. The van der Waals surface area contributed by atoms with Gasteiger partial charge in [0.05, 0.1) is 10.6 Å². The first kappa shape index (κ1) is 13.9. The second-order valence-corrected chi connectivity index (χ2v) is 8.85. The molecule has 0 saturated heterocycles. The summed E-state index contributed by atoms with van der Waals surface area (Å²) in [4.78, 5) is 13.8. The molecular formula is C16H24N2OS. The molecule has 2 aliphatic rings. The highest BCUT2D eigenvalue weighted by Gasteiger charge is 2.42. The molecule has 110 valence electrons. The Labute approximate surface area is 124 Å². The van der Waals surface area contributed by atoms with E-state index in [-0.39, 0.29) is 16.7 Å². The van der Waals surface area contributed by atoms with Crippen molar-refractivity contribution in [3.63, 3.8) is 0 Å². The van der Waals surface area contributed by atoms with Crippen molar-refractivity contribution >= 4 is 22.2 Å². The van der Waals surface area contributed by atoms with E-state index < -0.39 is 0 Å². The second kappa shape index (κ2) is 4.23. The maximum absolute atomic E-state index is 12.5. The fourth-order valence-corrected chi connectivity index (χ4v) is 4.94. The zero-order valence-corrected chi connectivity index (χ0v) is 13.6. The molecule has 0 unspecified atom stereocenters. The Bertz CT molecular complexity index is 567. The average Bonchev–Trinajstić information content (AvgIpc) is 2.99. The lowest BCUT2D eigenvalue weighted by Gasteiger charge is -2.40. The second-order valence-electron chi connectivity index (χ2n) is 7.80. The van der Waals surface area contributed by atoms with E-state index in [0.29, 0.717) is 11.0 Å². The van der Waals surface area contributed by atoms with E-state index in [1.165, 1.54) is 10.4 Å². The highest BCUT2D eigenvalue weighted by molar-refractivity contribution is 7.16. The molecule has 3 N–H and O–H groups in total. The fraction of sp³-hybridized carbons (Fsp3) is 0.688. The predicted molar refractivity (Wildman–Crippen MR) is 84.3 cm³/mol. The van der Waals surface area contributed by atoms with Crippen LogP contribution in [0.5, 0.6) is 0 Å². The van der Waals surface area contributed by atoms with E-state index in [1.807, 2.05) is 0 Å². The number of carbonyl (C=O) groups is 1. The number of amides is 1. The number of hydrogen-bond donors (Lipinski definition) is 2. The SMILES string of the molecule is CC1(C)Cc2c(sc(N)c2C(=O)NC2CC2)C(C)(C)C1. The van der Waals surface area contributed by atoms with E-state index in [9.17, 15) is 4.79 Å². The minimum Gasteiger partial charge on any atom is -0.390 e. The third-order valence-electron chi connectivity index (χ3n) is 4.36. The summed E-state index contributed by atoms with van der Waals surface area (Å²) in [5.74, 6) is 0.0380. The number of nitrogens with two attached hydrogens (primary N) is 1. The van der Waals surface area contributed by atoms with Gasteiger partial charge in [-0.1, -0.05) is 27.7 Å². The number of nitrogen functional groups attached to an aromatic ring is 1. The molecule has 2 aliphatic carbocycles. The Morgan fingerprint density at radius 2 is 1.95 bits per heavy atom. The molecule has 0 aromatic carbocycles. The van der Waals surface area contributed by atoms with Gasteiger partial charge < -0.3 is 11.1 Å². The van der Waals surface area contributed by atoms with E-state index in [2.05, 4.69) is 33.0 Å². The summed E-state index contributed by atoms with van der Waals surface area (Å²) < 4.78 is 0. The maximum atomic E-state index is 12.5. The molecule has 0 bridgehead atoms. The summed E-state index contributed by atoms with van der Waals surface area (Å²) in [6.45, 7) is 9.11. The van der Waals surface area contributed by atoms with Crippen molar-refractivity contribution in [1.82, 2.24) is 5.32 Å².